The van der Waals surface area contributed by atoms with Crippen molar-refractivity contribution < 1.29 is 9.13 Å². The molecule has 2 aromatic carbocycles. The Morgan fingerprint density at radius 2 is 2.00 bits per heavy atom. The van der Waals surface area contributed by atoms with Crippen molar-refractivity contribution in [2.45, 2.75) is 13.0 Å². The zero-order valence-corrected chi connectivity index (χ0v) is 12.2. The van der Waals surface area contributed by atoms with Crippen LogP contribution in [0, 0.1) is 17.1 Å². The van der Waals surface area contributed by atoms with E-state index in [0.717, 1.165) is 5.56 Å². The molecule has 2 aromatic rings. The molecule has 0 aliphatic heterocycles. The summed E-state index contributed by atoms with van der Waals surface area (Å²) in [5, 5.41) is 12.1. The molecule has 0 aliphatic rings. The van der Waals surface area contributed by atoms with E-state index in [1.165, 1.54) is 18.2 Å². The summed E-state index contributed by atoms with van der Waals surface area (Å²) in [4.78, 5) is 0. The Morgan fingerprint density at radius 3 is 2.67 bits per heavy atom. The van der Waals surface area contributed by atoms with Crippen LogP contribution >= 0.6 is 11.6 Å². The van der Waals surface area contributed by atoms with Crippen molar-refractivity contribution in [1.82, 2.24) is 0 Å². The van der Waals surface area contributed by atoms with Crippen LogP contribution in [0.2, 0.25) is 5.02 Å². The Balaban J connectivity index is 2.08. The first-order valence-electron chi connectivity index (χ1n) is 6.41. The minimum atomic E-state index is -0.339. The fourth-order valence-electron chi connectivity index (χ4n) is 1.89. The number of nitrogens with one attached hydrogen (secondary N) is 1. The van der Waals surface area contributed by atoms with Crippen LogP contribution in [0.4, 0.5) is 10.1 Å². The smallest absolute Gasteiger partial charge is 0.174 e. The number of rotatable bonds is 5. The number of benzene rings is 2. The second kappa shape index (κ2) is 6.96. The van der Waals surface area contributed by atoms with Crippen LogP contribution in [0.25, 0.3) is 0 Å². The Bertz CT molecular complexity index is 652. The minimum Gasteiger partial charge on any atom is -0.479 e. The second-order valence-electron chi connectivity index (χ2n) is 4.51. The average molecular weight is 305 g/mol. The van der Waals surface area contributed by atoms with Crippen molar-refractivity contribution in [1.29, 1.82) is 5.26 Å². The topological polar surface area (TPSA) is 45.0 Å². The molecule has 1 N–H and O–H groups in total. The minimum absolute atomic E-state index is 0.0199. The molecular weight excluding hydrogens is 291 g/mol. The highest BCUT2D eigenvalue weighted by atomic mass is 35.5. The maximum absolute atomic E-state index is 13.2. The standard InChI is InChI=1S/C16H14ClFN2O/c1-11(20-16-10-13(18)4-7-15(16)17)12-2-5-14(6-3-12)21-9-8-19/h2-7,10-11,20H,9H2,1H3. The van der Waals surface area contributed by atoms with Gasteiger partial charge in [-0.25, -0.2) is 4.39 Å². The molecular formula is C16H14ClFN2O. The van der Waals surface area contributed by atoms with Crippen molar-refractivity contribution in [2.24, 2.45) is 0 Å². The number of anilines is 1. The lowest BCUT2D eigenvalue weighted by molar-refractivity contribution is 0.368. The molecule has 0 heterocycles. The van der Waals surface area contributed by atoms with E-state index >= 15 is 0 Å². The molecule has 21 heavy (non-hydrogen) atoms. The van der Waals surface area contributed by atoms with E-state index in [1.54, 1.807) is 12.1 Å². The monoisotopic (exact) mass is 304 g/mol. The lowest BCUT2D eigenvalue weighted by Crippen LogP contribution is -2.07. The van der Waals surface area contributed by atoms with Gasteiger partial charge in [0.25, 0.3) is 0 Å². The number of ether oxygens (including phenoxy) is 1. The molecule has 2 rings (SSSR count). The number of halogens is 2. The number of hydrogen-bond acceptors (Lipinski definition) is 3. The molecule has 3 nitrogen and oxygen atoms in total. The molecule has 0 fully saturated rings. The highest BCUT2D eigenvalue weighted by Gasteiger charge is 2.09. The van der Waals surface area contributed by atoms with Crippen LogP contribution in [-0.2, 0) is 0 Å². The van der Waals surface area contributed by atoms with E-state index in [1.807, 2.05) is 25.1 Å². The van der Waals surface area contributed by atoms with Gasteiger partial charge in [-0.2, -0.15) is 5.26 Å². The van der Waals surface area contributed by atoms with E-state index in [0.29, 0.717) is 16.5 Å². The molecule has 0 spiro atoms. The summed E-state index contributed by atoms with van der Waals surface area (Å²) in [5.74, 6) is 0.297. The SMILES string of the molecule is CC(Nc1cc(F)ccc1Cl)c1ccc(OCC#N)cc1. The number of hydrogen-bond donors (Lipinski definition) is 1. The van der Waals surface area contributed by atoms with Gasteiger partial charge in [-0.3, -0.25) is 0 Å². The molecule has 0 radical (unpaired) electrons. The van der Waals surface area contributed by atoms with E-state index in [9.17, 15) is 4.39 Å². The first kappa shape index (κ1) is 15.1. The van der Waals surface area contributed by atoms with E-state index in [4.69, 9.17) is 21.6 Å². The Morgan fingerprint density at radius 1 is 1.29 bits per heavy atom. The van der Waals surface area contributed by atoms with Crippen molar-refractivity contribution >= 4 is 17.3 Å². The lowest BCUT2D eigenvalue weighted by Gasteiger charge is -2.17. The molecule has 0 bridgehead atoms. The largest absolute Gasteiger partial charge is 0.479 e. The van der Waals surface area contributed by atoms with Gasteiger partial charge in [0.15, 0.2) is 6.61 Å². The van der Waals surface area contributed by atoms with Gasteiger partial charge in [0, 0.05) is 6.04 Å². The maximum atomic E-state index is 13.2. The van der Waals surface area contributed by atoms with Gasteiger partial charge in [0.05, 0.1) is 10.7 Å². The summed E-state index contributed by atoms with van der Waals surface area (Å²) >= 11 is 6.03. The van der Waals surface area contributed by atoms with Crippen molar-refractivity contribution in [3.8, 4) is 11.8 Å². The summed E-state index contributed by atoms with van der Waals surface area (Å²) in [6, 6.07) is 13.4. The van der Waals surface area contributed by atoms with Crippen molar-refractivity contribution in [3.63, 3.8) is 0 Å². The van der Waals surface area contributed by atoms with Crippen LogP contribution in [0.15, 0.2) is 42.5 Å². The van der Waals surface area contributed by atoms with Crippen LogP contribution < -0.4 is 10.1 Å². The fourth-order valence-corrected chi connectivity index (χ4v) is 2.07. The second-order valence-corrected chi connectivity index (χ2v) is 4.91. The zero-order valence-electron chi connectivity index (χ0n) is 11.4. The van der Waals surface area contributed by atoms with Gasteiger partial charge in [0.1, 0.15) is 17.6 Å². The summed E-state index contributed by atoms with van der Waals surface area (Å²) in [6.07, 6.45) is 0. The molecule has 0 aliphatic carbocycles. The van der Waals surface area contributed by atoms with E-state index in [-0.39, 0.29) is 18.5 Å². The Labute approximate surface area is 127 Å². The Hall–Kier alpha value is -2.25. The zero-order chi connectivity index (χ0) is 15.2. The lowest BCUT2D eigenvalue weighted by atomic mass is 10.1. The third-order valence-corrected chi connectivity index (χ3v) is 3.31. The molecule has 0 aromatic heterocycles. The van der Waals surface area contributed by atoms with Crippen molar-refractivity contribution in [3.05, 3.63) is 58.9 Å². The number of nitrogens with zero attached hydrogens (tertiary/aromatic N) is 1. The molecule has 5 heteroatoms. The Kier molecular flexibility index (Phi) is 5.02. The summed E-state index contributed by atoms with van der Waals surface area (Å²) in [5.41, 5.74) is 1.55. The third-order valence-electron chi connectivity index (χ3n) is 2.98. The first-order valence-corrected chi connectivity index (χ1v) is 6.79. The first-order chi connectivity index (χ1) is 10.1. The van der Waals surface area contributed by atoms with E-state index < -0.39 is 0 Å². The molecule has 1 atom stereocenters. The maximum Gasteiger partial charge on any atom is 0.174 e. The summed E-state index contributed by atoms with van der Waals surface area (Å²) in [7, 11) is 0. The quantitative estimate of drug-likeness (QED) is 0.881. The van der Waals surface area contributed by atoms with Gasteiger partial charge in [0.2, 0.25) is 0 Å². The molecule has 108 valence electrons. The molecule has 0 amide bonds. The fraction of sp³-hybridized carbons (Fsp3) is 0.188. The average Bonchev–Trinajstić information content (AvgIpc) is 2.49. The summed E-state index contributed by atoms with van der Waals surface area (Å²) < 4.78 is 18.4. The van der Waals surface area contributed by atoms with E-state index in [2.05, 4.69) is 5.32 Å². The van der Waals surface area contributed by atoms with Gasteiger partial charge < -0.3 is 10.1 Å². The van der Waals surface area contributed by atoms with Crippen LogP contribution in [0.1, 0.15) is 18.5 Å². The predicted molar refractivity (Wildman–Crippen MR) is 81.0 cm³/mol. The van der Waals surface area contributed by atoms with Gasteiger partial charge >= 0.3 is 0 Å². The number of nitriles is 1. The normalized spacial score (nSPS) is 11.5. The third kappa shape index (κ3) is 4.11. The van der Waals surface area contributed by atoms with Crippen LogP contribution in [-0.4, -0.2) is 6.61 Å². The molecule has 1 unspecified atom stereocenters. The van der Waals surface area contributed by atoms with Gasteiger partial charge in [-0.15, -0.1) is 0 Å². The van der Waals surface area contributed by atoms with Gasteiger partial charge in [-0.05, 0) is 42.8 Å². The highest BCUT2D eigenvalue weighted by molar-refractivity contribution is 6.33. The van der Waals surface area contributed by atoms with Crippen molar-refractivity contribution in [2.75, 3.05) is 11.9 Å². The molecule has 0 saturated carbocycles. The van der Waals surface area contributed by atoms with Crippen LogP contribution in [0.5, 0.6) is 5.75 Å². The summed E-state index contributed by atoms with van der Waals surface area (Å²) in [6.45, 7) is 1.97. The van der Waals surface area contributed by atoms with Gasteiger partial charge in [-0.1, -0.05) is 23.7 Å². The molecule has 0 saturated heterocycles. The van der Waals surface area contributed by atoms with Crippen LogP contribution in [0.3, 0.4) is 0 Å². The highest BCUT2D eigenvalue weighted by Crippen LogP contribution is 2.27. The predicted octanol–water partition coefficient (Wildman–Crippen LogP) is 4.55.